The zero-order chi connectivity index (χ0) is 15.2. The van der Waals surface area contributed by atoms with Gasteiger partial charge in [-0.05, 0) is 17.7 Å². The van der Waals surface area contributed by atoms with Crippen LogP contribution in [0.2, 0.25) is 0 Å². The van der Waals surface area contributed by atoms with E-state index in [4.69, 9.17) is 20.9 Å². The van der Waals surface area contributed by atoms with Gasteiger partial charge in [-0.1, -0.05) is 17.2 Å². The van der Waals surface area contributed by atoms with Crippen LogP contribution in [0, 0.1) is 0 Å². The number of sulfonamides is 1. The van der Waals surface area contributed by atoms with Gasteiger partial charge in [0.1, 0.15) is 5.54 Å². The Kier molecular flexibility index (Phi) is 5.45. The maximum atomic E-state index is 12.0. The van der Waals surface area contributed by atoms with Crippen LogP contribution in [0.5, 0.6) is 0 Å². The van der Waals surface area contributed by atoms with Crippen molar-refractivity contribution >= 4 is 15.7 Å². The van der Waals surface area contributed by atoms with Crippen molar-refractivity contribution in [3.05, 3.63) is 34.7 Å². The number of hydrogen-bond donors (Lipinski definition) is 4. The molecule has 0 aromatic heterocycles. The SMILES string of the molecule is [N-]=[N+]=Nc1ccc(S(=O)(=O)NC(CO)(CO)CO)cc1. The van der Waals surface area contributed by atoms with Crippen molar-refractivity contribution < 1.29 is 23.7 Å². The molecule has 0 bridgehead atoms. The molecule has 110 valence electrons. The molecular weight excluding hydrogens is 288 g/mol. The highest BCUT2D eigenvalue weighted by atomic mass is 32.2. The van der Waals surface area contributed by atoms with Gasteiger partial charge in [-0.3, -0.25) is 0 Å². The van der Waals surface area contributed by atoms with Crippen molar-refractivity contribution in [2.24, 2.45) is 5.11 Å². The summed E-state index contributed by atoms with van der Waals surface area (Å²) in [4.78, 5) is 2.40. The van der Waals surface area contributed by atoms with Crippen molar-refractivity contribution in [1.29, 1.82) is 0 Å². The second kappa shape index (κ2) is 6.66. The van der Waals surface area contributed by atoms with Gasteiger partial charge in [0, 0.05) is 10.6 Å². The second-order valence-corrected chi connectivity index (χ2v) is 5.73. The standard InChI is InChI=1S/C10H14N4O5S/c11-14-12-8-1-3-9(4-2-8)20(18,19)13-10(5-15,6-16)7-17/h1-4,13,15-17H,5-7H2. The van der Waals surface area contributed by atoms with Gasteiger partial charge in [0.15, 0.2) is 0 Å². The summed E-state index contributed by atoms with van der Waals surface area (Å²) in [6.07, 6.45) is 0. The number of aliphatic hydroxyl groups is 3. The molecule has 0 atom stereocenters. The molecule has 0 heterocycles. The predicted octanol–water partition coefficient (Wildman–Crippen LogP) is -0.378. The van der Waals surface area contributed by atoms with Crippen molar-refractivity contribution in [3.8, 4) is 0 Å². The molecule has 1 aromatic carbocycles. The fourth-order valence-electron chi connectivity index (χ4n) is 1.33. The number of aliphatic hydroxyl groups excluding tert-OH is 3. The summed E-state index contributed by atoms with van der Waals surface area (Å²) in [5.74, 6) is 0. The molecule has 0 unspecified atom stereocenters. The first kappa shape index (κ1) is 16.4. The van der Waals surface area contributed by atoms with E-state index < -0.39 is 35.4 Å². The molecule has 0 amide bonds. The van der Waals surface area contributed by atoms with E-state index in [0.29, 0.717) is 0 Å². The molecule has 10 heteroatoms. The molecule has 0 radical (unpaired) electrons. The van der Waals surface area contributed by atoms with Gasteiger partial charge in [0.25, 0.3) is 0 Å². The fraction of sp³-hybridized carbons (Fsp3) is 0.400. The minimum absolute atomic E-state index is 0.158. The van der Waals surface area contributed by atoms with Crippen molar-refractivity contribution in [2.45, 2.75) is 10.4 Å². The number of benzene rings is 1. The van der Waals surface area contributed by atoms with E-state index in [2.05, 4.69) is 10.0 Å². The zero-order valence-electron chi connectivity index (χ0n) is 10.3. The van der Waals surface area contributed by atoms with Crippen LogP contribution in [0.15, 0.2) is 34.3 Å². The smallest absolute Gasteiger partial charge is 0.241 e. The third-order valence-electron chi connectivity index (χ3n) is 2.57. The Balaban J connectivity index is 3.07. The number of azide groups is 1. The lowest BCUT2D eigenvalue weighted by Gasteiger charge is -2.28. The lowest BCUT2D eigenvalue weighted by molar-refractivity contribution is 0.0582. The van der Waals surface area contributed by atoms with Gasteiger partial charge in [-0.25, -0.2) is 8.42 Å². The Labute approximate surface area is 115 Å². The van der Waals surface area contributed by atoms with Crippen LogP contribution < -0.4 is 4.72 Å². The lowest BCUT2D eigenvalue weighted by atomic mass is 10.1. The number of nitrogens with zero attached hydrogens (tertiary/aromatic N) is 3. The highest BCUT2D eigenvalue weighted by molar-refractivity contribution is 7.89. The summed E-state index contributed by atoms with van der Waals surface area (Å²) in [6, 6.07) is 4.99. The topological polar surface area (TPSA) is 156 Å². The van der Waals surface area contributed by atoms with Crippen LogP contribution >= 0.6 is 0 Å². The largest absolute Gasteiger partial charge is 0.394 e. The van der Waals surface area contributed by atoms with Crippen LogP contribution in [0.1, 0.15) is 0 Å². The normalized spacial score (nSPS) is 11.9. The molecule has 1 rings (SSSR count). The fourth-order valence-corrected chi connectivity index (χ4v) is 2.71. The molecule has 20 heavy (non-hydrogen) atoms. The average Bonchev–Trinajstić information content (AvgIpc) is 2.46. The van der Waals surface area contributed by atoms with Crippen molar-refractivity contribution in [3.63, 3.8) is 0 Å². The first-order chi connectivity index (χ1) is 9.43. The second-order valence-electron chi connectivity index (χ2n) is 4.04. The van der Waals surface area contributed by atoms with Gasteiger partial charge in [-0.15, -0.1) is 0 Å². The minimum atomic E-state index is -4.05. The predicted molar refractivity (Wildman–Crippen MR) is 69.6 cm³/mol. The molecule has 0 fully saturated rings. The van der Waals surface area contributed by atoms with E-state index in [9.17, 15) is 8.42 Å². The Bertz CT molecular complexity index is 582. The van der Waals surface area contributed by atoms with E-state index in [1.165, 1.54) is 24.3 Å². The molecule has 4 N–H and O–H groups in total. The quantitative estimate of drug-likeness (QED) is 0.307. The van der Waals surface area contributed by atoms with Crippen LogP contribution in [-0.2, 0) is 10.0 Å². The Morgan fingerprint density at radius 1 is 1.15 bits per heavy atom. The van der Waals surface area contributed by atoms with E-state index in [1.54, 1.807) is 0 Å². The highest BCUT2D eigenvalue weighted by Gasteiger charge is 2.33. The van der Waals surface area contributed by atoms with Crippen LogP contribution in [0.3, 0.4) is 0 Å². The van der Waals surface area contributed by atoms with Crippen molar-refractivity contribution in [1.82, 2.24) is 4.72 Å². The summed E-state index contributed by atoms with van der Waals surface area (Å²) in [7, 11) is -4.05. The summed E-state index contributed by atoms with van der Waals surface area (Å²) in [5.41, 5.74) is 6.73. The first-order valence-corrected chi connectivity index (χ1v) is 6.93. The summed E-state index contributed by atoms with van der Waals surface area (Å²) < 4.78 is 26.1. The minimum Gasteiger partial charge on any atom is -0.394 e. The van der Waals surface area contributed by atoms with E-state index >= 15 is 0 Å². The molecule has 0 aliphatic heterocycles. The summed E-state index contributed by atoms with van der Waals surface area (Å²) in [6.45, 7) is -2.30. The zero-order valence-corrected chi connectivity index (χ0v) is 11.2. The third kappa shape index (κ3) is 3.67. The Hall–Kier alpha value is -1.68. The molecule has 0 spiro atoms. The Morgan fingerprint density at radius 2 is 1.65 bits per heavy atom. The monoisotopic (exact) mass is 302 g/mol. The molecule has 1 aromatic rings. The van der Waals surface area contributed by atoms with E-state index in [-0.39, 0.29) is 10.6 Å². The van der Waals surface area contributed by atoms with Crippen molar-refractivity contribution in [2.75, 3.05) is 19.8 Å². The maximum Gasteiger partial charge on any atom is 0.241 e. The van der Waals surface area contributed by atoms with E-state index in [0.717, 1.165) is 0 Å². The van der Waals surface area contributed by atoms with Crippen LogP contribution in [0.25, 0.3) is 10.4 Å². The first-order valence-electron chi connectivity index (χ1n) is 5.45. The van der Waals surface area contributed by atoms with Gasteiger partial charge in [0.05, 0.1) is 24.7 Å². The number of hydrogen-bond acceptors (Lipinski definition) is 6. The van der Waals surface area contributed by atoms with E-state index in [1.807, 2.05) is 4.72 Å². The molecular formula is C10H14N4O5S. The molecule has 0 aliphatic carbocycles. The molecule has 0 saturated carbocycles. The molecule has 0 saturated heterocycles. The number of rotatable bonds is 7. The van der Waals surface area contributed by atoms with Gasteiger partial charge >= 0.3 is 0 Å². The van der Waals surface area contributed by atoms with Crippen LogP contribution in [-0.4, -0.2) is 49.1 Å². The van der Waals surface area contributed by atoms with Crippen LogP contribution in [0.4, 0.5) is 5.69 Å². The van der Waals surface area contributed by atoms with Gasteiger partial charge in [-0.2, -0.15) is 4.72 Å². The summed E-state index contributed by atoms with van der Waals surface area (Å²) >= 11 is 0. The third-order valence-corrected chi connectivity index (χ3v) is 4.16. The number of nitrogens with one attached hydrogen (secondary N) is 1. The molecule has 9 nitrogen and oxygen atoms in total. The Morgan fingerprint density at radius 3 is 2.05 bits per heavy atom. The maximum absolute atomic E-state index is 12.0. The van der Waals surface area contributed by atoms with Gasteiger partial charge < -0.3 is 15.3 Å². The highest BCUT2D eigenvalue weighted by Crippen LogP contribution is 2.18. The van der Waals surface area contributed by atoms with Gasteiger partial charge in [0.2, 0.25) is 10.0 Å². The summed E-state index contributed by atoms with van der Waals surface area (Å²) in [5, 5.41) is 30.6. The lowest BCUT2D eigenvalue weighted by Crippen LogP contribution is -2.56. The molecule has 0 aliphatic rings. The average molecular weight is 302 g/mol.